The zero-order valence-corrected chi connectivity index (χ0v) is 18.5. The Labute approximate surface area is 198 Å². The number of nitrogens with one attached hydrogen (secondary N) is 2. The van der Waals surface area contributed by atoms with Crippen LogP contribution >= 0.6 is 0 Å². The summed E-state index contributed by atoms with van der Waals surface area (Å²) in [6, 6.07) is 14.0. The van der Waals surface area contributed by atoms with Gasteiger partial charge in [0.15, 0.2) is 0 Å². The molecule has 3 amide bonds. The maximum atomic E-state index is 13.7. The van der Waals surface area contributed by atoms with Gasteiger partial charge in [0.25, 0.3) is 5.91 Å². The molecule has 1 aliphatic heterocycles. The summed E-state index contributed by atoms with van der Waals surface area (Å²) in [5.41, 5.74) is -0.452. The van der Waals surface area contributed by atoms with Crippen LogP contribution in [0.3, 0.4) is 0 Å². The van der Waals surface area contributed by atoms with E-state index in [0.717, 1.165) is 17.7 Å². The average molecular weight is 485 g/mol. The van der Waals surface area contributed by atoms with Crippen molar-refractivity contribution >= 4 is 29.1 Å². The van der Waals surface area contributed by atoms with Gasteiger partial charge in [0.2, 0.25) is 11.8 Å². The van der Waals surface area contributed by atoms with Crippen LogP contribution in [0.25, 0.3) is 0 Å². The van der Waals surface area contributed by atoms with Crippen LogP contribution in [0.1, 0.15) is 27.9 Å². The number of carbonyl (C=O) groups excluding carboxylic acids is 3. The molecule has 7 nitrogen and oxygen atoms in total. The highest BCUT2D eigenvalue weighted by molar-refractivity contribution is 6.04. The average Bonchev–Trinajstić information content (AvgIpc) is 3.49. The Kier molecular flexibility index (Phi) is 6.90. The molecule has 1 fully saturated rings. The van der Waals surface area contributed by atoms with Crippen LogP contribution < -0.4 is 10.6 Å². The van der Waals surface area contributed by atoms with Crippen molar-refractivity contribution in [3.8, 4) is 0 Å². The van der Waals surface area contributed by atoms with Crippen LogP contribution in [-0.2, 0) is 22.2 Å². The minimum Gasteiger partial charge on any atom is -0.472 e. The largest absolute Gasteiger partial charge is 0.472 e. The van der Waals surface area contributed by atoms with Crippen LogP contribution in [-0.4, -0.2) is 35.7 Å². The lowest BCUT2D eigenvalue weighted by Crippen LogP contribution is -2.30. The van der Waals surface area contributed by atoms with E-state index in [-0.39, 0.29) is 30.1 Å². The number of anilines is 2. The normalized spacial score (nSPS) is 15.8. The molecule has 1 unspecified atom stereocenters. The number of nitrogens with zero attached hydrogens (tertiary/aromatic N) is 1. The third kappa shape index (κ3) is 5.89. The summed E-state index contributed by atoms with van der Waals surface area (Å²) < 4.78 is 45.9. The number of alkyl halides is 3. The first-order valence-electron chi connectivity index (χ1n) is 10.9. The van der Waals surface area contributed by atoms with Crippen LogP contribution in [0.2, 0.25) is 0 Å². The van der Waals surface area contributed by atoms with Crippen molar-refractivity contribution in [2.24, 2.45) is 5.92 Å². The summed E-state index contributed by atoms with van der Waals surface area (Å²) in [6.07, 6.45) is -1.80. The predicted octanol–water partition coefficient (Wildman–Crippen LogP) is 4.58. The second-order valence-corrected chi connectivity index (χ2v) is 8.19. The Morgan fingerprint density at radius 1 is 1.06 bits per heavy atom. The summed E-state index contributed by atoms with van der Waals surface area (Å²) in [5, 5.41) is 4.69. The Balaban J connectivity index is 1.42. The Hall–Kier alpha value is -4.08. The molecule has 2 heterocycles. The monoisotopic (exact) mass is 485 g/mol. The summed E-state index contributed by atoms with van der Waals surface area (Å²) in [4.78, 5) is 38.8. The maximum Gasteiger partial charge on any atom is 0.418 e. The molecular formula is C25H22F3N3O4. The Morgan fingerprint density at radius 2 is 1.83 bits per heavy atom. The SMILES string of the molecule is O=C(Nc1ccc(NC(=O)C2CC(=O)N(CCc3ccccc3)C2)c(C(F)(F)F)c1)c1ccoc1. The molecule has 2 N–H and O–H groups in total. The molecule has 10 heteroatoms. The molecule has 0 spiro atoms. The number of carbonyl (C=O) groups is 3. The minimum absolute atomic E-state index is 0.0686. The van der Waals surface area contributed by atoms with Gasteiger partial charge in [-0.3, -0.25) is 14.4 Å². The number of furan rings is 1. The molecule has 0 radical (unpaired) electrons. The van der Waals surface area contributed by atoms with Crippen LogP contribution in [0.15, 0.2) is 71.5 Å². The van der Waals surface area contributed by atoms with E-state index in [9.17, 15) is 27.6 Å². The molecule has 4 rings (SSSR count). The van der Waals surface area contributed by atoms with Gasteiger partial charge in [-0.15, -0.1) is 0 Å². The van der Waals surface area contributed by atoms with Crippen LogP contribution in [0.4, 0.5) is 24.5 Å². The number of halogens is 3. The lowest BCUT2D eigenvalue weighted by atomic mass is 10.1. The first kappa shape index (κ1) is 24.1. The number of likely N-dealkylation sites (tertiary alicyclic amines) is 1. The zero-order chi connectivity index (χ0) is 25.0. The number of rotatable bonds is 7. The van der Waals surface area contributed by atoms with Crippen molar-refractivity contribution in [2.45, 2.75) is 19.0 Å². The van der Waals surface area contributed by atoms with E-state index < -0.39 is 35.2 Å². The van der Waals surface area contributed by atoms with Gasteiger partial charge in [0.1, 0.15) is 6.26 Å². The fourth-order valence-electron chi connectivity index (χ4n) is 3.87. The van der Waals surface area contributed by atoms with Gasteiger partial charge in [0, 0.05) is 25.2 Å². The summed E-state index contributed by atoms with van der Waals surface area (Å²) in [6.45, 7) is 0.559. The van der Waals surface area contributed by atoms with Gasteiger partial charge in [0.05, 0.1) is 29.0 Å². The lowest BCUT2D eigenvalue weighted by molar-refractivity contribution is -0.137. The summed E-state index contributed by atoms with van der Waals surface area (Å²) in [7, 11) is 0. The van der Waals surface area contributed by atoms with Gasteiger partial charge in [-0.25, -0.2) is 0 Å². The fourth-order valence-corrected chi connectivity index (χ4v) is 3.87. The maximum absolute atomic E-state index is 13.7. The van der Waals surface area contributed by atoms with E-state index in [2.05, 4.69) is 10.6 Å². The van der Waals surface area contributed by atoms with Crippen molar-refractivity contribution in [1.82, 2.24) is 4.90 Å². The van der Waals surface area contributed by atoms with E-state index in [1.54, 1.807) is 4.90 Å². The molecule has 0 bridgehead atoms. The van der Waals surface area contributed by atoms with Gasteiger partial charge < -0.3 is 20.0 Å². The van der Waals surface area contributed by atoms with E-state index in [4.69, 9.17) is 4.42 Å². The van der Waals surface area contributed by atoms with Crippen molar-refractivity contribution in [3.05, 3.63) is 83.8 Å². The molecular weight excluding hydrogens is 463 g/mol. The van der Waals surface area contributed by atoms with Crippen molar-refractivity contribution in [1.29, 1.82) is 0 Å². The molecule has 3 aromatic rings. The highest BCUT2D eigenvalue weighted by Crippen LogP contribution is 2.37. The highest BCUT2D eigenvalue weighted by atomic mass is 19.4. The second kappa shape index (κ2) is 10.0. The van der Waals surface area contributed by atoms with Gasteiger partial charge in [-0.05, 0) is 36.2 Å². The van der Waals surface area contributed by atoms with E-state index in [1.807, 2.05) is 30.3 Å². The van der Waals surface area contributed by atoms with Gasteiger partial charge in [-0.1, -0.05) is 30.3 Å². The van der Waals surface area contributed by atoms with Crippen molar-refractivity contribution in [3.63, 3.8) is 0 Å². The predicted molar refractivity (Wildman–Crippen MR) is 122 cm³/mol. The molecule has 35 heavy (non-hydrogen) atoms. The molecule has 1 atom stereocenters. The van der Waals surface area contributed by atoms with E-state index >= 15 is 0 Å². The van der Waals surface area contributed by atoms with Crippen LogP contribution in [0.5, 0.6) is 0 Å². The zero-order valence-electron chi connectivity index (χ0n) is 18.5. The van der Waals surface area contributed by atoms with E-state index in [0.29, 0.717) is 13.0 Å². The third-order valence-corrected chi connectivity index (χ3v) is 5.72. The standard InChI is InChI=1S/C25H22F3N3O4/c26-25(27,28)20-13-19(29-23(33)17-9-11-35-15-17)6-7-21(20)30-24(34)18-12-22(32)31(14-18)10-8-16-4-2-1-3-5-16/h1-7,9,11,13,15,18H,8,10,12,14H2,(H,29,33)(H,30,34). The molecule has 1 aliphatic rings. The van der Waals surface area contributed by atoms with E-state index in [1.165, 1.54) is 24.7 Å². The van der Waals surface area contributed by atoms with Gasteiger partial charge in [-0.2, -0.15) is 13.2 Å². The first-order valence-corrected chi connectivity index (χ1v) is 10.9. The Bertz CT molecular complexity index is 1210. The number of hydrogen-bond donors (Lipinski definition) is 2. The molecule has 1 saturated heterocycles. The second-order valence-electron chi connectivity index (χ2n) is 8.19. The quantitative estimate of drug-likeness (QED) is 0.513. The molecule has 1 aromatic heterocycles. The van der Waals surface area contributed by atoms with Gasteiger partial charge >= 0.3 is 6.18 Å². The molecule has 0 aliphatic carbocycles. The summed E-state index contributed by atoms with van der Waals surface area (Å²) >= 11 is 0. The lowest BCUT2D eigenvalue weighted by Gasteiger charge is -2.18. The fraction of sp³-hybridized carbons (Fsp3) is 0.240. The number of amides is 3. The molecule has 2 aromatic carbocycles. The number of benzene rings is 2. The Morgan fingerprint density at radius 3 is 2.51 bits per heavy atom. The molecule has 0 saturated carbocycles. The van der Waals surface area contributed by atoms with Crippen LogP contribution in [0, 0.1) is 5.92 Å². The smallest absolute Gasteiger partial charge is 0.418 e. The topological polar surface area (TPSA) is 91.7 Å². The van der Waals surface area contributed by atoms with Crippen molar-refractivity contribution < 1.29 is 32.0 Å². The van der Waals surface area contributed by atoms with Crippen molar-refractivity contribution in [2.75, 3.05) is 23.7 Å². The summed E-state index contributed by atoms with van der Waals surface area (Å²) in [5.74, 6) is -2.28. The minimum atomic E-state index is -4.79. The highest BCUT2D eigenvalue weighted by Gasteiger charge is 2.37. The molecule has 182 valence electrons. The number of hydrogen-bond acceptors (Lipinski definition) is 4. The first-order chi connectivity index (χ1) is 16.7. The third-order valence-electron chi connectivity index (χ3n) is 5.72.